The first-order valence-electron chi connectivity index (χ1n) is 5.36. The molecule has 1 fully saturated rings. The maximum atomic E-state index is 11.3. The molecule has 0 aromatic carbocycles. The third-order valence-corrected chi connectivity index (χ3v) is 3.01. The zero-order valence-corrected chi connectivity index (χ0v) is 8.88. The third kappa shape index (κ3) is 1.52. The maximum absolute atomic E-state index is 11.3. The number of rotatable bonds is 2. The molecule has 0 bridgehead atoms. The Kier molecular flexibility index (Phi) is 2.03. The highest BCUT2D eigenvalue weighted by atomic mass is 16.4. The fraction of sp³-hybridized carbons (Fsp3) is 0.556. The van der Waals surface area contributed by atoms with E-state index in [9.17, 15) is 9.59 Å². The van der Waals surface area contributed by atoms with Crippen molar-refractivity contribution in [2.75, 3.05) is 11.9 Å². The summed E-state index contributed by atoms with van der Waals surface area (Å²) in [6, 6.07) is -0.625. The zero-order valence-electron chi connectivity index (χ0n) is 8.88. The van der Waals surface area contributed by atoms with Crippen LogP contribution in [-0.4, -0.2) is 38.3 Å². The van der Waals surface area contributed by atoms with Crippen molar-refractivity contribution in [3.05, 3.63) is 5.82 Å². The summed E-state index contributed by atoms with van der Waals surface area (Å²) in [6.07, 6.45) is -0.0166. The van der Waals surface area contributed by atoms with Gasteiger partial charge in [-0.3, -0.25) is 9.59 Å². The normalized spacial score (nSPS) is 26.5. The van der Waals surface area contributed by atoms with E-state index < -0.39 is 17.9 Å². The number of anilines is 1. The van der Waals surface area contributed by atoms with E-state index in [1.54, 1.807) is 4.68 Å². The molecule has 17 heavy (non-hydrogen) atoms. The van der Waals surface area contributed by atoms with Crippen LogP contribution >= 0.6 is 0 Å². The van der Waals surface area contributed by atoms with Gasteiger partial charge in [0.05, 0.1) is 12.5 Å². The number of nitrogens with zero attached hydrogens (tertiary/aromatic N) is 3. The van der Waals surface area contributed by atoms with Gasteiger partial charge in [-0.15, -0.1) is 0 Å². The number of amides is 1. The summed E-state index contributed by atoms with van der Waals surface area (Å²) >= 11 is 0. The summed E-state index contributed by atoms with van der Waals surface area (Å²) in [4.78, 5) is 26.5. The van der Waals surface area contributed by atoms with Crippen molar-refractivity contribution in [3.8, 4) is 0 Å². The minimum absolute atomic E-state index is 0.0166. The molecule has 2 atom stereocenters. The lowest BCUT2D eigenvalue weighted by Gasteiger charge is -2.11. The molecule has 1 aromatic heterocycles. The van der Waals surface area contributed by atoms with Crippen LogP contribution in [0.1, 0.15) is 18.3 Å². The van der Waals surface area contributed by atoms with E-state index in [0.29, 0.717) is 18.3 Å². The first kappa shape index (κ1) is 10.1. The molecular formula is C9H11N5O3. The number of aliphatic carboxylic acids is 1. The highest BCUT2D eigenvalue weighted by Crippen LogP contribution is 2.29. The Morgan fingerprint density at radius 2 is 2.35 bits per heavy atom. The third-order valence-electron chi connectivity index (χ3n) is 3.01. The summed E-state index contributed by atoms with van der Waals surface area (Å²) < 4.78 is 1.68. The van der Waals surface area contributed by atoms with Crippen LogP contribution in [0.2, 0.25) is 0 Å². The Morgan fingerprint density at radius 3 is 3.06 bits per heavy atom. The van der Waals surface area contributed by atoms with E-state index in [-0.39, 0.29) is 12.3 Å². The topological polar surface area (TPSA) is 109 Å². The number of hydrogen-bond donors (Lipinski definition) is 3. The number of fused-ring (bicyclic) bond motifs is 1. The average molecular weight is 237 g/mol. The van der Waals surface area contributed by atoms with Crippen molar-refractivity contribution in [3.63, 3.8) is 0 Å². The second-order valence-electron chi connectivity index (χ2n) is 4.14. The lowest BCUT2D eigenvalue weighted by molar-refractivity contribution is -0.142. The Morgan fingerprint density at radius 1 is 1.53 bits per heavy atom. The van der Waals surface area contributed by atoms with Crippen molar-refractivity contribution in [1.29, 1.82) is 0 Å². The van der Waals surface area contributed by atoms with Crippen molar-refractivity contribution in [1.82, 2.24) is 20.1 Å². The SMILES string of the molecule is O=C1CC(C(=O)O)C(c2nc3n(n2)CCN3)N1. The molecule has 0 spiro atoms. The summed E-state index contributed by atoms with van der Waals surface area (Å²) in [6.45, 7) is 1.48. The highest BCUT2D eigenvalue weighted by molar-refractivity contribution is 5.87. The molecule has 0 radical (unpaired) electrons. The molecule has 3 N–H and O–H groups in total. The van der Waals surface area contributed by atoms with Crippen LogP contribution in [0.3, 0.4) is 0 Å². The molecule has 3 rings (SSSR count). The first-order chi connectivity index (χ1) is 8.15. The van der Waals surface area contributed by atoms with Crippen LogP contribution in [0.5, 0.6) is 0 Å². The summed E-state index contributed by atoms with van der Waals surface area (Å²) in [5.74, 6) is -1.07. The van der Waals surface area contributed by atoms with Gasteiger partial charge in [0.2, 0.25) is 11.9 Å². The van der Waals surface area contributed by atoms with Gasteiger partial charge in [-0.05, 0) is 0 Å². The number of carbonyl (C=O) groups is 2. The molecule has 0 aliphatic carbocycles. The fourth-order valence-corrected chi connectivity index (χ4v) is 2.18. The number of hydrogen-bond acceptors (Lipinski definition) is 5. The Labute approximate surface area is 96.0 Å². The van der Waals surface area contributed by atoms with Gasteiger partial charge < -0.3 is 15.7 Å². The average Bonchev–Trinajstić information content (AvgIpc) is 2.87. The minimum Gasteiger partial charge on any atom is -0.481 e. The van der Waals surface area contributed by atoms with Crippen molar-refractivity contribution < 1.29 is 14.7 Å². The van der Waals surface area contributed by atoms with Gasteiger partial charge in [-0.25, -0.2) is 4.68 Å². The molecular weight excluding hydrogens is 226 g/mol. The molecule has 2 aliphatic rings. The fourth-order valence-electron chi connectivity index (χ4n) is 2.18. The molecule has 0 saturated carbocycles. The minimum atomic E-state index is -1.00. The van der Waals surface area contributed by atoms with E-state index in [1.807, 2.05) is 0 Å². The van der Waals surface area contributed by atoms with Gasteiger partial charge in [-0.2, -0.15) is 10.1 Å². The van der Waals surface area contributed by atoms with Gasteiger partial charge >= 0.3 is 5.97 Å². The van der Waals surface area contributed by atoms with Crippen LogP contribution in [0.15, 0.2) is 0 Å². The number of carbonyl (C=O) groups excluding carboxylic acids is 1. The molecule has 90 valence electrons. The van der Waals surface area contributed by atoms with E-state index in [1.165, 1.54) is 0 Å². The molecule has 1 amide bonds. The van der Waals surface area contributed by atoms with Crippen LogP contribution in [0.4, 0.5) is 5.95 Å². The number of aromatic nitrogens is 3. The monoisotopic (exact) mass is 237 g/mol. The highest BCUT2D eigenvalue weighted by Gasteiger charge is 2.41. The molecule has 2 unspecified atom stereocenters. The second-order valence-corrected chi connectivity index (χ2v) is 4.14. The smallest absolute Gasteiger partial charge is 0.309 e. The molecule has 8 heteroatoms. The molecule has 1 saturated heterocycles. The number of carboxylic acid groups (broad SMARTS) is 1. The lowest BCUT2D eigenvalue weighted by atomic mass is 10.0. The van der Waals surface area contributed by atoms with Gasteiger partial charge in [0.25, 0.3) is 0 Å². The molecule has 8 nitrogen and oxygen atoms in total. The number of nitrogens with one attached hydrogen (secondary N) is 2. The van der Waals surface area contributed by atoms with Crippen LogP contribution in [0, 0.1) is 5.92 Å². The van der Waals surface area contributed by atoms with Crippen LogP contribution in [0.25, 0.3) is 0 Å². The van der Waals surface area contributed by atoms with E-state index in [4.69, 9.17) is 5.11 Å². The van der Waals surface area contributed by atoms with E-state index in [2.05, 4.69) is 20.7 Å². The summed E-state index contributed by atoms with van der Waals surface area (Å²) in [5.41, 5.74) is 0. The van der Waals surface area contributed by atoms with Gasteiger partial charge in [0.1, 0.15) is 6.04 Å². The molecule has 3 heterocycles. The largest absolute Gasteiger partial charge is 0.481 e. The standard InChI is InChI=1S/C9H11N5O3/c15-5-3-4(8(16)17)6(11-5)7-12-9-10-1-2-14(9)13-7/h4,6H,1-3H2,(H,11,15)(H,16,17)(H,10,12,13). The van der Waals surface area contributed by atoms with Crippen LogP contribution in [-0.2, 0) is 16.1 Å². The van der Waals surface area contributed by atoms with Gasteiger partial charge in [0.15, 0.2) is 5.82 Å². The first-order valence-corrected chi connectivity index (χ1v) is 5.36. The van der Waals surface area contributed by atoms with Crippen molar-refractivity contribution in [2.45, 2.75) is 19.0 Å². The quantitative estimate of drug-likeness (QED) is 0.606. The second kappa shape index (κ2) is 3.44. The number of carboxylic acids is 1. The predicted octanol–water partition coefficient (Wildman–Crippen LogP) is -1.03. The molecule has 2 aliphatic heterocycles. The van der Waals surface area contributed by atoms with E-state index >= 15 is 0 Å². The van der Waals surface area contributed by atoms with E-state index in [0.717, 1.165) is 6.54 Å². The Hall–Kier alpha value is -2.12. The summed E-state index contributed by atoms with van der Waals surface area (Å²) in [7, 11) is 0. The predicted molar refractivity (Wildman–Crippen MR) is 55.1 cm³/mol. The van der Waals surface area contributed by atoms with Gasteiger partial charge in [0, 0.05) is 13.0 Å². The Balaban J connectivity index is 1.91. The van der Waals surface area contributed by atoms with Crippen molar-refractivity contribution >= 4 is 17.8 Å². The summed E-state index contributed by atoms with van der Waals surface area (Å²) in [5, 5.41) is 18.9. The lowest BCUT2D eigenvalue weighted by Crippen LogP contribution is -2.26. The maximum Gasteiger partial charge on any atom is 0.309 e. The van der Waals surface area contributed by atoms with Crippen molar-refractivity contribution in [2.24, 2.45) is 5.92 Å². The van der Waals surface area contributed by atoms with Gasteiger partial charge in [-0.1, -0.05) is 0 Å². The zero-order chi connectivity index (χ0) is 12.0. The molecule has 1 aromatic rings. The Bertz CT molecular complexity index is 475. The van der Waals surface area contributed by atoms with Crippen LogP contribution < -0.4 is 10.6 Å².